The van der Waals surface area contributed by atoms with Crippen LogP contribution in [-0.4, -0.2) is 23.3 Å². The largest absolute Gasteiger partial charge is 0.491 e. The second-order valence-corrected chi connectivity index (χ2v) is 13.0. The molecule has 0 radical (unpaired) electrons. The summed E-state index contributed by atoms with van der Waals surface area (Å²) in [6.45, 7) is 10.3. The Hall–Kier alpha value is -1.92. The highest BCUT2D eigenvalue weighted by molar-refractivity contribution is 8.93. The SMILES string of the molecule is Br.CCCCCCCCCCCCCCOc1cc(C(C)(C)C)ccc1NC(=O)c1ccccc1CN1C=CSC1. The van der Waals surface area contributed by atoms with Crippen molar-refractivity contribution in [3.8, 4) is 5.75 Å². The number of hydrogen-bond donors (Lipinski definition) is 1. The van der Waals surface area contributed by atoms with E-state index in [0.29, 0.717) is 12.2 Å². The van der Waals surface area contributed by atoms with E-state index in [0.717, 1.165) is 35.8 Å². The molecule has 1 aliphatic rings. The van der Waals surface area contributed by atoms with Gasteiger partial charge in [-0.15, -0.1) is 28.7 Å². The third-order valence-corrected chi connectivity index (χ3v) is 8.39. The molecular formula is C35H53BrN2O2S. The zero-order chi connectivity index (χ0) is 28.6. The van der Waals surface area contributed by atoms with Crippen molar-refractivity contribution in [2.75, 3.05) is 17.8 Å². The molecule has 0 saturated heterocycles. The number of thioether (sulfide) groups is 1. The van der Waals surface area contributed by atoms with Crippen molar-refractivity contribution >= 4 is 40.3 Å². The van der Waals surface area contributed by atoms with E-state index >= 15 is 0 Å². The third-order valence-electron chi connectivity index (χ3n) is 7.59. The minimum absolute atomic E-state index is 0. The maximum Gasteiger partial charge on any atom is 0.256 e. The lowest BCUT2D eigenvalue weighted by atomic mass is 9.87. The van der Waals surface area contributed by atoms with Gasteiger partial charge in [0.25, 0.3) is 5.91 Å². The van der Waals surface area contributed by atoms with Gasteiger partial charge in [-0.1, -0.05) is 123 Å². The number of halogens is 1. The molecular weight excluding hydrogens is 592 g/mol. The molecule has 0 aliphatic carbocycles. The summed E-state index contributed by atoms with van der Waals surface area (Å²) in [4.78, 5) is 15.6. The van der Waals surface area contributed by atoms with Crippen LogP contribution < -0.4 is 10.1 Å². The lowest BCUT2D eigenvalue weighted by Crippen LogP contribution is -2.19. The number of unbranched alkanes of at least 4 members (excludes halogenated alkanes) is 11. The van der Waals surface area contributed by atoms with Crippen molar-refractivity contribution in [2.45, 2.75) is 117 Å². The minimum Gasteiger partial charge on any atom is -0.491 e. The molecule has 0 aromatic heterocycles. The Labute approximate surface area is 264 Å². The summed E-state index contributed by atoms with van der Waals surface area (Å²) >= 11 is 1.77. The predicted octanol–water partition coefficient (Wildman–Crippen LogP) is 10.9. The molecule has 6 heteroatoms. The summed E-state index contributed by atoms with van der Waals surface area (Å²) in [5.41, 5.74) is 3.68. The minimum atomic E-state index is -0.0925. The summed E-state index contributed by atoms with van der Waals surface area (Å²) in [7, 11) is 0. The van der Waals surface area contributed by atoms with Gasteiger partial charge in [-0.3, -0.25) is 4.79 Å². The zero-order valence-corrected chi connectivity index (χ0v) is 28.4. The Bertz CT molecular complexity index is 1070. The monoisotopic (exact) mass is 644 g/mol. The van der Waals surface area contributed by atoms with Crippen molar-refractivity contribution in [3.05, 3.63) is 70.8 Å². The van der Waals surface area contributed by atoms with Gasteiger partial charge in [-0.25, -0.2) is 0 Å². The highest BCUT2D eigenvalue weighted by atomic mass is 79.9. The second kappa shape index (κ2) is 19.3. The number of nitrogens with zero attached hydrogens (tertiary/aromatic N) is 1. The number of ether oxygens (including phenoxy) is 1. The first kappa shape index (κ1) is 35.3. The molecule has 1 heterocycles. The molecule has 1 N–H and O–H groups in total. The van der Waals surface area contributed by atoms with Gasteiger partial charge in [-0.05, 0) is 46.6 Å². The fourth-order valence-corrected chi connectivity index (χ4v) is 5.75. The van der Waals surface area contributed by atoms with Crippen LogP contribution in [-0.2, 0) is 12.0 Å². The van der Waals surface area contributed by atoms with Gasteiger partial charge in [-0.2, -0.15) is 0 Å². The summed E-state index contributed by atoms with van der Waals surface area (Å²) in [5, 5.41) is 5.26. The summed E-state index contributed by atoms with van der Waals surface area (Å²) < 4.78 is 6.30. The smallest absolute Gasteiger partial charge is 0.256 e. The first-order valence-corrected chi connectivity index (χ1v) is 16.6. The van der Waals surface area contributed by atoms with Gasteiger partial charge in [0.15, 0.2) is 0 Å². The van der Waals surface area contributed by atoms with Crippen LogP contribution in [0.4, 0.5) is 5.69 Å². The molecule has 0 atom stereocenters. The van der Waals surface area contributed by atoms with Crippen LogP contribution >= 0.6 is 28.7 Å². The molecule has 2 aromatic rings. The Morgan fingerprint density at radius 1 is 0.902 bits per heavy atom. The summed E-state index contributed by atoms with van der Waals surface area (Å²) in [6.07, 6.45) is 18.0. The Morgan fingerprint density at radius 3 is 2.15 bits per heavy atom. The first-order valence-electron chi connectivity index (χ1n) is 15.6. The van der Waals surface area contributed by atoms with Crippen molar-refractivity contribution < 1.29 is 9.53 Å². The summed E-state index contributed by atoms with van der Waals surface area (Å²) in [6, 6.07) is 14.1. The fraction of sp³-hybridized carbons (Fsp3) is 0.571. The van der Waals surface area contributed by atoms with E-state index in [1.54, 1.807) is 11.8 Å². The van der Waals surface area contributed by atoms with Gasteiger partial charge in [0, 0.05) is 18.3 Å². The van der Waals surface area contributed by atoms with Gasteiger partial charge < -0.3 is 15.0 Å². The van der Waals surface area contributed by atoms with Crippen molar-refractivity contribution in [3.63, 3.8) is 0 Å². The number of amides is 1. The molecule has 1 amide bonds. The van der Waals surface area contributed by atoms with Crippen LogP contribution in [0.25, 0.3) is 0 Å². The van der Waals surface area contributed by atoms with E-state index in [4.69, 9.17) is 4.74 Å². The molecule has 0 bridgehead atoms. The maximum absolute atomic E-state index is 13.4. The summed E-state index contributed by atoms with van der Waals surface area (Å²) in [5.74, 6) is 1.59. The average molecular weight is 646 g/mol. The molecule has 3 rings (SSSR count). The lowest BCUT2D eigenvalue weighted by Gasteiger charge is -2.22. The predicted molar refractivity (Wildman–Crippen MR) is 184 cm³/mol. The van der Waals surface area contributed by atoms with Crippen LogP contribution in [0.3, 0.4) is 0 Å². The molecule has 4 nitrogen and oxygen atoms in total. The molecule has 41 heavy (non-hydrogen) atoms. The average Bonchev–Trinajstić information content (AvgIpc) is 3.45. The number of rotatable bonds is 18. The Balaban J connectivity index is 0.00000588. The van der Waals surface area contributed by atoms with Gasteiger partial charge >= 0.3 is 0 Å². The second-order valence-electron chi connectivity index (χ2n) is 12.1. The maximum atomic E-state index is 13.4. The standard InChI is InChI=1S/C35H52N2O2S.BrH/c1-5-6-7-8-9-10-11-12-13-14-15-18-24-39-33-26-30(35(2,3)4)21-22-32(33)36-34(38)31-20-17-16-19-29(31)27-37-23-25-40-28-37;/h16-17,19-23,25-26H,5-15,18,24,27-28H2,1-4H3,(H,36,38);1H. The van der Waals surface area contributed by atoms with Crippen molar-refractivity contribution in [2.24, 2.45) is 0 Å². The number of hydrogen-bond acceptors (Lipinski definition) is 4. The number of carbonyl (C=O) groups is 1. The van der Waals surface area contributed by atoms with E-state index in [1.165, 1.54) is 76.2 Å². The van der Waals surface area contributed by atoms with Crippen molar-refractivity contribution in [1.82, 2.24) is 4.90 Å². The molecule has 0 saturated carbocycles. The van der Waals surface area contributed by atoms with E-state index in [-0.39, 0.29) is 28.3 Å². The quantitative estimate of drug-likeness (QED) is 0.164. The Kier molecular flexibility index (Phi) is 16.6. The molecule has 1 aliphatic heterocycles. The molecule has 2 aromatic carbocycles. The first-order chi connectivity index (χ1) is 19.4. The molecule has 0 unspecified atom stereocenters. The Morgan fingerprint density at radius 2 is 1.54 bits per heavy atom. The zero-order valence-electron chi connectivity index (χ0n) is 25.9. The third kappa shape index (κ3) is 12.9. The highest BCUT2D eigenvalue weighted by Crippen LogP contribution is 2.33. The van der Waals surface area contributed by atoms with Gasteiger partial charge in [0.1, 0.15) is 5.75 Å². The van der Waals surface area contributed by atoms with Crippen LogP contribution in [0.5, 0.6) is 5.75 Å². The van der Waals surface area contributed by atoms with Crippen LogP contribution in [0.15, 0.2) is 54.1 Å². The van der Waals surface area contributed by atoms with Gasteiger partial charge in [0.2, 0.25) is 0 Å². The van der Waals surface area contributed by atoms with E-state index in [9.17, 15) is 4.79 Å². The molecule has 0 fully saturated rings. The van der Waals surface area contributed by atoms with Crippen molar-refractivity contribution in [1.29, 1.82) is 0 Å². The number of anilines is 1. The van der Waals surface area contributed by atoms with Crippen LogP contribution in [0, 0.1) is 0 Å². The van der Waals surface area contributed by atoms with Crippen LogP contribution in [0.2, 0.25) is 0 Å². The van der Waals surface area contributed by atoms with E-state index in [2.05, 4.69) is 61.7 Å². The van der Waals surface area contributed by atoms with Crippen LogP contribution in [0.1, 0.15) is 126 Å². The normalized spacial score (nSPS) is 12.8. The molecule has 0 spiro atoms. The lowest BCUT2D eigenvalue weighted by molar-refractivity contribution is 0.102. The number of benzene rings is 2. The molecule has 228 valence electrons. The highest BCUT2D eigenvalue weighted by Gasteiger charge is 2.19. The topological polar surface area (TPSA) is 41.6 Å². The van der Waals surface area contributed by atoms with E-state index < -0.39 is 0 Å². The number of carbonyl (C=O) groups excluding carboxylic acids is 1. The van der Waals surface area contributed by atoms with Gasteiger partial charge in [0.05, 0.1) is 18.2 Å². The van der Waals surface area contributed by atoms with E-state index in [1.807, 2.05) is 30.3 Å². The fourth-order valence-electron chi connectivity index (χ4n) is 5.03. The number of nitrogens with one attached hydrogen (secondary N) is 1.